The molecule has 4 rings (SSSR count). The highest BCUT2D eigenvalue weighted by atomic mass is 32.2. The molecule has 0 bridgehead atoms. The lowest BCUT2D eigenvalue weighted by Crippen LogP contribution is -3.14. The molecule has 0 saturated carbocycles. The first-order valence-electron chi connectivity index (χ1n) is 9.08. The standard InChI is InChI=1S/C20H22N4O2S/c25-27(26,15-10-18-6-2-1-3-7-18)24-13-11-22(12-14-24)17-23-16-21-19-8-4-5-9-20(19)23/h1-10,15-16H,11-14,17H2/p+1/b15-10+. The lowest BCUT2D eigenvalue weighted by Gasteiger charge is -2.30. The fourth-order valence-electron chi connectivity index (χ4n) is 3.41. The summed E-state index contributed by atoms with van der Waals surface area (Å²) in [6.45, 7) is 3.43. The van der Waals surface area contributed by atoms with Gasteiger partial charge in [-0.1, -0.05) is 42.5 Å². The van der Waals surface area contributed by atoms with E-state index in [1.54, 1.807) is 10.4 Å². The third-order valence-electron chi connectivity index (χ3n) is 4.94. The van der Waals surface area contributed by atoms with Crippen molar-refractivity contribution in [1.82, 2.24) is 13.9 Å². The number of nitrogens with zero attached hydrogens (tertiary/aromatic N) is 3. The minimum atomic E-state index is -3.38. The van der Waals surface area contributed by atoms with Gasteiger partial charge in [-0.3, -0.25) is 4.57 Å². The first kappa shape index (κ1) is 17.9. The van der Waals surface area contributed by atoms with E-state index in [9.17, 15) is 8.42 Å². The Bertz CT molecular complexity index is 1040. The summed E-state index contributed by atoms with van der Waals surface area (Å²) in [6.07, 6.45) is 3.52. The van der Waals surface area contributed by atoms with Crippen LogP contribution < -0.4 is 4.90 Å². The third-order valence-corrected chi connectivity index (χ3v) is 6.51. The van der Waals surface area contributed by atoms with Gasteiger partial charge in [-0.2, -0.15) is 4.31 Å². The van der Waals surface area contributed by atoms with Crippen LogP contribution in [-0.4, -0.2) is 48.5 Å². The number of hydrogen-bond acceptors (Lipinski definition) is 3. The van der Waals surface area contributed by atoms with E-state index in [0.717, 1.165) is 36.4 Å². The zero-order chi connectivity index (χ0) is 18.7. The van der Waals surface area contributed by atoms with Gasteiger partial charge in [0, 0.05) is 5.41 Å². The predicted octanol–water partition coefficient (Wildman–Crippen LogP) is 1.19. The zero-order valence-corrected chi connectivity index (χ0v) is 15.8. The van der Waals surface area contributed by atoms with Gasteiger partial charge in [0.15, 0.2) is 6.67 Å². The van der Waals surface area contributed by atoms with Crippen LogP contribution in [0.1, 0.15) is 5.56 Å². The molecular weight excluding hydrogens is 360 g/mol. The van der Waals surface area contributed by atoms with Crippen LogP contribution in [0, 0.1) is 0 Å². The van der Waals surface area contributed by atoms with Crippen LogP contribution in [-0.2, 0) is 16.7 Å². The van der Waals surface area contributed by atoms with Crippen LogP contribution in [0.5, 0.6) is 0 Å². The van der Waals surface area contributed by atoms with E-state index in [1.165, 1.54) is 10.3 Å². The molecule has 1 aliphatic rings. The number of imidazole rings is 1. The molecule has 2 heterocycles. The predicted molar refractivity (Wildman–Crippen MR) is 106 cm³/mol. The average molecular weight is 383 g/mol. The van der Waals surface area contributed by atoms with Crippen molar-refractivity contribution in [2.24, 2.45) is 0 Å². The smallest absolute Gasteiger partial charge is 0.236 e. The van der Waals surface area contributed by atoms with Crippen LogP contribution in [0.15, 0.2) is 66.3 Å². The van der Waals surface area contributed by atoms with Gasteiger partial charge in [0.25, 0.3) is 0 Å². The maximum atomic E-state index is 12.6. The van der Waals surface area contributed by atoms with E-state index in [-0.39, 0.29) is 0 Å². The Morgan fingerprint density at radius 2 is 1.70 bits per heavy atom. The van der Waals surface area contributed by atoms with Crippen molar-refractivity contribution in [3.63, 3.8) is 0 Å². The van der Waals surface area contributed by atoms with Gasteiger partial charge >= 0.3 is 0 Å². The van der Waals surface area contributed by atoms with Crippen LogP contribution in [0.2, 0.25) is 0 Å². The van der Waals surface area contributed by atoms with Gasteiger partial charge in [-0.25, -0.2) is 13.4 Å². The molecule has 3 aromatic rings. The van der Waals surface area contributed by atoms with Crippen molar-refractivity contribution < 1.29 is 13.3 Å². The molecule has 1 aromatic heterocycles. The second-order valence-electron chi connectivity index (χ2n) is 6.77. The summed E-state index contributed by atoms with van der Waals surface area (Å²) in [6, 6.07) is 17.6. The van der Waals surface area contributed by atoms with Crippen molar-refractivity contribution in [1.29, 1.82) is 0 Å². The Morgan fingerprint density at radius 3 is 2.48 bits per heavy atom. The Labute approximate surface area is 159 Å². The molecule has 2 aromatic carbocycles. The van der Waals surface area contributed by atoms with Crippen LogP contribution in [0.4, 0.5) is 0 Å². The number of benzene rings is 2. The molecule has 7 heteroatoms. The maximum absolute atomic E-state index is 12.6. The highest BCUT2D eigenvalue weighted by molar-refractivity contribution is 7.92. The van der Waals surface area contributed by atoms with Gasteiger partial charge in [0.1, 0.15) is 6.33 Å². The van der Waals surface area contributed by atoms with Crippen LogP contribution in [0.3, 0.4) is 0 Å². The van der Waals surface area contributed by atoms with Gasteiger partial charge in [-0.15, -0.1) is 0 Å². The van der Waals surface area contributed by atoms with E-state index in [2.05, 4.69) is 15.6 Å². The second kappa shape index (κ2) is 7.64. The number of fused-ring (bicyclic) bond motifs is 1. The number of piperazine rings is 1. The van der Waals surface area contributed by atoms with E-state index >= 15 is 0 Å². The summed E-state index contributed by atoms with van der Waals surface area (Å²) in [7, 11) is -3.38. The number of para-hydroxylation sites is 2. The Balaban J connectivity index is 1.37. The number of quaternary nitrogens is 1. The maximum Gasteiger partial charge on any atom is 0.236 e. The molecule has 27 heavy (non-hydrogen) atoms. The van der Waals surface area contributed by atoms with Crippen molar-refractivity contribution in [2.45, 2.75) is 6.67 Å². The third kappa shape index (κ3) is 4.10. The first-order valence-corrected chi connectivity index (χ1v) is 10.6. The van der Waals surface area contributed by atoms with Crippen molar-refractivity contribution >= 4 is 27.1 Å². The quantitative estimate of drug-likeness (QED) is 0.720. The first-order chi connectivity index (χ1) is 13.1. The summed E-state index contributed by atoms with van der Waals surface area (Å²) in [4.78, 5) is 5.78. The van der Waals surface area contributed by atoms with Gasteiger partial charge in [0.2, 0.25) is 10.0 Å². The number of aromatic nitrogens is 2. The fraction of sp³-hybridized carbons (Fsp3) is 0.250. The Morgan fingerprint density at radius 1 is 1.00 bits per heavy atom. The highest BCUT2D eigenvalue weighted by Gasteiger charge is 2.27. The summed E-state index contributed by atoms with van der Waals surface area (Å²) in [5.74, 6) is 0. The highest BCUT2D eigenvalue weighted by Crippen LogP contribution is 2.11. The summed E-state index contributed by atoms with van der Waals surface area (Å²) in [5, 5.41) is 1.32. The fourth-order valence-corrected chi connectivity index (χ4v) is 4.60. The minimum Gasteiger partial charge on any atom is -0.315 e. The van der Waals surface area contributed by atoms with E-state index in [1.807, 2.05) is 54.9 Å². The van der Waals surface area contributed by atoms with Crippen molar-refractivity contribution in [3.05, 3.63) is 71.9 Å². The van der Waals surface area contributed by atoms with Gasteiger partial charge < -0.3 is 4.90 Å². The average Bonchev–Trinajstić information content (AvgIpc) is 3.11. The normalized spacial score (nSPS) is 17.0. The summed E-state index contributed by atoms with van der Waals surface area (Å²) in [5.41, 5.74) is 2.99. The summed E-state index contributed by atoms with van der Waals surface area (Å²) >= 11 is 0. The Hall–Kier alpha value is -2.48. The number of hydrogen-bond donors (Lipinski definition) is 1. The van der Waals surface area contributed by atoms with E-state index in [4.69, 9.17) is 0 Å². The zero-order valence-electron chi connectivity index (χ0n) is 15.0. The molecule has 0 radical (unpaired) electrons. The van der Waals surface area contributed by atoms with Crippen LogP contribution >= 0.6 is 0 Å². The lowest BCUT2D eigenvalue weighted by atomic mass is 10.2. The van der Waals surface area contributed by atoms with Crippen molar-refractivity contribution in [3.8, 4) is 0 Å². The topological polar surface area (TPSA) is 59.6 Å². The molecule has 1 N–H and O–H groups in total. The second-order valence-corrected chi connectivity index (χ2v) is 8.59. The van der Waals surface area contributed by atoms with E-state index in [0.29, 0.717) is 13.1 Å². The number of nitrogens with one attached hydrogen (secondary N) is 1. The SMILES string of the molecule is O=S(=O)(/C=C/c1ccccc1)N1CC[NH+](Cn2cnc3ccccc32)CC1. The molecule has 6 nitrogen and oxygen atoms in total. The monoisotopic (exact) mass is 383 g/mol. The minimum absolute atomic E-state index is 0.531. The molecule has 1 saturated heterocycles. The molecular formula is C20H23N4O2S+. The number of sulfonamides is 1. The van der Waals surface area contributed by atoms with Crippen molar-refractivity contribution in [2.75, 3.05) is 26.2 Å². The molecule has 0 amide bonds. The molecule has 0 aliphatic carbocycles. The molecule has 0 atom stereocenters. The van der Waals surface area contributed by atoms with Gasteiger partial charge in [0.05, 0.1) is 37.2 Å². The van der Waals surface area contributed by atoms with Crippen LogP contribution in [0.25, 0.3) is 17.1 Å². The Kier molecular flexibility index (Phi) is 5.07. The van der Waals surface area contributed by atoms with Gasteiger partial charge in [-0.05, 0) is 23.8 Å². The largest absolute Gasteiger partial charge is 0.315 e. The number of rotatable bonds is 5. The molecule has 0 spiro atoms. The molecule has 140 valence electrons. The van der Waals surface area contributed by atoms with E-state index < -0.39 is 10.0 Å². The molecule has 0 unspecified atom stereocenters. The lowest BCUT2D eigenvalue weighted by molar-refractivity contribution is -0.925. The molecule has 1 aliphatic heterocycles. The molecule has 1 fully saturated rings. The summed E-state index contributed by atoms with van der Waals surface area (Å²) < 4.78 is 28.9.